The predicted octanol–water partition coefficient (Wildman–Crippen LogP) is 0.0494. The van der Waals surface area contributed by atoms with E-state index in [0.29, 0.717) is 16.7 Å². The number of aromatic nitrogens is 3. The Morgan fingerprint density at radius 2 is 2.33 bits per heavy atom. The van der Waals surface area contributed by atoms with Gasteiger partial charge in [0, 0.05) is 12.7 Å². The minimum Gasteiger partial charge on any atom is -0.364 e. The number of hydrogen-bond donors (Lipinski definition) is 2. The van der Waals surface area contributed by atoms with E-state index in [4.69, 9.17) is 11.5 Å². The fourth-order valence-electron chi connectivity index (χ4n) is 1.28. The zero-order valence-electron chi connectivity index (χ0n) is 7.64. The minimum absolute atomic E-state index is 0.156. The molecule has 78 valence electrons. The van der Waals surface area contributed by atoms with Crippen LogP contribution < -0.4 is 11.5 Å². The molecule has 0 aromatic carbocycles. The van der Waals surface area contributed by atoms with Crippen molar-refractivity contribution in [2.45, 2.75) is 6.54 Å². The summed E-state index contributed by atoms with van der Waals surface area (Å²) in [5.41, 5.74) is 12.1. The van der Waals surface area contributed by atoms with Gasteiger partial charge in [0.2, 0.25) is 0 Å². The van der Waals surface area contributed by atoms with Gasteiger partial charge < -0.3 is 11.5 Å². The van der Waals surface area contributed by atoms with E-state index in [9.17, 15) is 4.79 Å². The van der Waals surface area contributed by atoms with Crippen molar-refractivity contribution in [1.29, 1.82) is 0 Å². The second-order valence-corrected chi connectivity index (χ2v) is 3.70. The Kier molecular flexibility index (Phi) is 2.41. The number of rotatable bonds is 2. The van der Waals surface area contributed by atoms with Crippen molar-refractivity contribution in [2.24, 2.45) is 11.5 Å². The van der Waals surface area contributed by atoms with Gasteiger partial charge in [0.15, 0.2) is 11.3 Å². The largest absolute Gasteiger partial charge is 0.364 e. The molecule has 0 saturated carbocycles. The molecule has 0 fully saturated rings. The zero-order valence-corrected chi connectivity index (χ0v) is 9.23. The second kappa shape index (κ2) is 3.59. The lowest BCUT2D eigenvalue weighted by Gasteiger charge is -1.98. The predicted molar refractivity (Wildman–Crippen MR) is 57.1 cm³/mol. The molecule has 2 heterocycles. The van der Waals surface area contributed by atoms with Crippen molar-refractivity contribution in [2.75, 3.05) is 0 Å². The first kappa shape index (κ1) is 10.1. The van der Waals surface area contributed by atoms with Crippen molar-refractivity contribution in [3.8, 4) is 0 Å². The number of halogens is 1. The normalized spacial score (nSPS) is 10.8. The molecule has 0 radical (unpaired) electrons. The number of amides is 1. The van der Waals surface area contributed by atoms with Crippen LogP contribution in [0.4, 0.5) is 0 Å². The minimum atomic E-state index is -0.602. The topological polar surface area (TPSA) is 99.3 Å². The zero-order chi connectivity index (χ0) is 11.0. The summed E-state index contributed by atoms with van der Waals surface area (Å²) < 4.78 is 2.00. The number of primary amides is 1. The van der Waals surface area contributed by atoms with E-state index >= 15 is 0 Å². The molecule has 0 saturated heterocycles. The van der Waals surface area contributed by atoms with Crippen LogP contribution in [0.15, 0.2) is 16.7 Å². The fraction of sp³-hybridized carbons (Fsp3) is 0.125. The van der Waals surface area contributed by atoms with E-state index in [1.165, 1.54) is 4.52 Å². The summed E-state index contributed by atoms with van der Waals surface area (Å²) in [7, 11) is 0. The molecule has 6 nitrogen and oxygen atoms in total. The molecule has 2 aromatic rings. The lowest BCUT2D eigenvalue weighted by Crippen LogP contribution is -2.13. The molecule has 0 spiro atoms. The van der Waals surface area contributed by atoms with E-state index in [0.717, 1.165) is 5.69 Å². The van der Waals surface area contributed by atoms with Crippen LogP contribution in [-0.4, -0.2) is 20.5 Å². The molecule has 0 aliphatic heterocycles. The Hall–Kier alpha value is -1.47. The Morgan fingerprint density at radius 1 is 1.60 bits per heavy atom. The highest BCUT2D eigenvalue weighted by atomic mass is 79.9. The summed E-state index contributed by atoms with van der Waals surface area (Å²) in [6.07, 6.45) is 1.61. The quantitative estimate of drug-likeness (QED) is 0.805. The molecule has 4 N–H and O–H groups in total. The van der Waals surface area contributed by atoms with Crippen LogP contribution in [0.2, 0.25) is 0 Å². The van der Waals surface area contributed by atoms with Crippen molar-refractivity contribution in [1.82, 2.24) is 14.6 Å². The fourth-order valence-corrected chi connectivity index (χ4v) is 1.82. The number of hydrogen-bond acceptors (Lipinski definition) is 4. The third-order valence-corrected chi connectivity index (χ3v) is 2.71. The Morgan fingerprint density at radius 3 is 2.93 bits per heavy atom. The molecule has 0 unspecified atom stereocenters. The molecule has 2 rings (SSSR count). The average Bonchev–Trinajstić information content (AvgIpc) is 2.56. The third kappa shape index (κ3) is 1.49. The van der Waals surface area contributed by atoms with Crippen LogP contribution in [0.25, 0.3) is 5.65 Å². The molecular weight excluding hydrogens is 262 g/mol. The Balaban J connectivity index is 2.81. The van der Waals surface area contributed by atoms with Gasteiger partial charge in [0.05, 0.1) is 10.2 Å². The summed E-state index contributed by atoms with van der Waals surface area (Å²) in [5, 5.41) is 4.04. The number of carbonyl (C=O) groups excluding carboxylic acids is 1. The first-order valence-corrected chi connectivity index (χ1v) is 4.96. The molecule has 2 aromatic heterocycles. The maximum Gasteiger partial charge on any atom is 0.270 e. The Bertz CT molecular complexity index is 535. The van der Waals surface area contributed by atoms with E-state index in [1.54, 1.807) is 12.3 Å². The van der Waals surface area contributed by atoms with Crippen molar-refractivity contribution in [3.63, 3.8) is 0 Å². The molecule has 1 amide bonds. The Labute approximate surface area is 93.4 Å². The number of carbonyl (C=O) groups is 1. The highest BCUT2D eigenvalue weighted by Crippen LogP contribution is 2.21. The lowest BCUT2D eigenvalue weighted by molar-refractivity contribution is 0.0994. The number of nitrogens with two attached hydrogens (primary N) is 2. The van der Waals surface area contributed by atoms with Crippen LogP contribution in [0.3, 0.4) is 0 Å². The molecule has 7 heteroatoms. The first-order valence-electron chi connectivity index (χ1n) is 4.17. The highest BCUT2D eigenvalue weighted by molar-refractivity contribution is 9.10. The van der Waals surface area contributed by atoms with Crippen LogP contribution in [0, 0.1) is 0 Å². The van der Waals surface area contributed by atoms with Crippen LogP contribution in [-0.2, 0) is 6.54 Å². The summed E-state index contributed by atoms with van der Waals surface area (Å²) >= 11 is 3.23. The maximum absolute atomic E-state index is 11.0. The van der Waals surface area contributed by atoms with Crippen LogP contribution in [0.1, 0.15) is 16.2 Å². The third-order valence-electron chi connectivity index (χ3n) is 1.98. The van der Waals surface area contributed by atoms with E-state index in [2.05, 4.69) is 26.0 Å². The van der Waals surface area contributed by atoms with Crippen molar-refractivity contribution in [3.05, 3.63) is 28.1 Å². The van der Waals surface area contributed by atoms with Gasteiger partial charge in [-0.25, -0.2) is 9.50 Å². The van der Waals surface area contributed by atoms with Gasteiger partial charge in [-0.2, -0.15) is 5.10 Å². The van der Waals surface area contributed by atoms with Gasteiger partial charge in [-0.15, -0.1) is 0 Å². The molecule has 15 heavy (non-hydrogen) atoms. The average molecular weight is 270 g/mol. The van der Waals surface area contributed by atoms with Gasteiger partial charge in [0.1, 0.15) is 0 Å². The van der Waals surface area contributed by atoms with Gasteiger partial charge >= 0.3 is 0 Å². The molecule has 0 aliphatic rings. The van der Waals surface area contributed by atoms with Crippen molar-refractivity contribution >= 4 is 27.5 Å². The van der Waals surface area contributed by atoms with Gasteiger partial charge in [-0.3, -0.25) is 4.79 Å². The summed E-state index contributed by atoms with van der Waals surface area (Å²) in [4.78, 5) is 15.1. The second-order valence-electron chi connectivity index (χ2n) is 2.90. The van der Waals surface area contributed by atoms with Crippen LogP contribution in [0.5, 0.6) is 0 Å². The summed E-state index contributed by atoms with van der Waals surface area (Å²) in [6, 6.07) is 1.73. The molecule has 0 atom stereocenters. The number of fused-ring (bicyclic) bond motifs is 1. The molecular formula is C8H8BrN5O. The van der Waals surface area contributed by atoms with Crippen molar-refractivity contribution < 1.29 is 4.79 Å². The van der Waals surface area contributed by atoms with E-state index in [-0.39, 0.29) is 5.69 Å². The molecule has 0 bridgehead atoms. The van der Waals surface area contributed by atoms with Gasteiger partial charge in [-0.05, 0) is 22.0 Å². The van der Waals surface area contributed by atoms with Gasteiger partial charge in [0.25, 0.3) is 5.91 Å². The van der Waals surface area contributed by atoms with Crippen LogP contribution >= 0.6 is 15.9 Å². The monoisotopic (exact) mass is 269 g/mol. The highest BCUT2D eigenvalue weighted by Gasteiger charge is 2.16. The standard InChI is InChI=1S/C8H8BrN5O/c9-5-6(7(11)15)13-14-4(3-10)1-2-12-8(5)14/h1-2H,3,10H2,(H2,11,15). The van der Waals surface area contributed by atoms with E-state index < -0.39 is 5.91 Å². The lowest BCUT2D eigenvalue weighted by atomic mass is 10.4. The maximum atomic E-state index is 11.0. The van der Waals surface area contributed by atoms with E-state index in [1.807, 2.05) is 0 Å². The number of nitrogens with zero attached hydrogens (tertiary/aromatic N) is 3. The first-order chi connectivity index (χ1) is 7.15. The SMILES string of the molecule is NCc1ccnc2c(Br)c(C(N)=O)nn12. The molecule has 0 aliphatic carbocycles. The smallest absolute Gasteiger partial charge is 0.270 e. The van der Waals surface area contributed by atoms with Gasteiger partial charge in [-0.1, -0.05) is 0 Å². The summed E-state index contributed by atoms with van der Waals surface area (Å²) in [6.45, 7) is 0.311. The summed E-state index contributed by atoms with van der Waals surface area (Å²) in [5.74, 6) is -0.602.